The number of nitrogens with zero attached hydrogens (tertiary/aromatic N) is 2. The van der Waals surface area contributed by atoms with E-state index in [1.165, 1.54) is 0 Å². The Morgan fingerprint density at radius 1 is 1.15 bits per heavy atom. The van der Waals surface area contributed by atoms with E-state index in [-0.39, 0.29) is 35.3 Å². The minimum Gasteiger partial charge on any atom is -0.434 e. The minimum atomic E-state index is -0.753. The van der Waals surface area contributed by atoms with Crippen molar-refractivity contribution in [3.05, 3.63) is 30.2 Å². The molecule has 3 rings (SSSR count). The predicted molar refractivity (Wildman–Crippen MR) is 125 cm³/mol. The van der Waals surface area contributed by atoms with Crippen molar-refractivity contribution in [3.8, 4) is 0 Å². The number of Topliss-reactive ketones (excluding diaryl/α,β-unsaturated/α-hetero) is 1. The number of rotatable bonds is 9. The van der Waals surface area contributed by atoms with Gasteiger partial charge in [0.05, 0.1) is 19.3 Å². The molecule has 8 nitrogen and oxygen atoms in total. The lowest BCUT2D eigenvalue weighted by Crippen LogP contribution is -2.47. The predicted octanol–water partition coefficient (Wildman–Crippen LogP) is 3.60. The van der Waals surface area contributed by atoms with Crippen LogP contribution in [0.4, 0.5) is 0 Å². The normalized spacial score (nSPS) is 16.4. The molecule has 8 heteroatoms. The fourth-order valence-electron chi connectivity index (χ4n) is 4.12. The van der Waals surface area contributed by atoms with E-state index in [9.17, 15) is 14.4 Å². The second-order valence-electron chi connectivity index (χ2n) is 9.86. The van der Waals surface area contributed by atoms with Crippen LogP contribution in [-0.4, -0.2) is 59.8 Å². The fraction of sp³-hybridized carbons (Fsp3) is 0.600. The van der Waals surface area contributed by atoms with Gasteiger partial charge in [0, 0.05) is 25.4 Å². The molecule has 180 valence electrons. The zero-order valence-corrected chi connectivity index (χ0v) is 20.1. The lowest BCUT2D eigenvalue weighted by molar-refractivity contribution is -0.140. The number of hydrogen-bond acceptors (Lipinski definition) is 6. The maximum absolute atomic E-state index is 13.3. The van der Waals surface area contributed by atoms with Crippen LogP contribution in [0.5, 0.6) is 0 Å². The van der Waals surface area contributed by atoms with Gasteiger partial charge in [-0.25, -0.2) is 4.98 Å². The number of aromatic nitrogens is 1. The smallest absolute Gasteiger partial charge is 0.266 e. The van der Waals surface area contributed by atoms with Gasteiger partial charge in [-0.3, -0.25) is 14.4 Å². The van der Waals surface area contributed by atoms with Gasteiger partial charge in [-0.05, 0) is 30.4 Å². The molecule has 2 heterocycles. The van der Waals surface area contributed by atoms with Crippen LogP contribution in [0.25, 0.3) is 11.1 Å². The summed E-state index contributed by atoms with van der Waals surface area (Å²) in [6.45, 7) is 10.2. The molecule has 1 aliphatic heterocycles. The van der Waals surface area contributed by atoms with Gasteiger partial charge in [-0.2, -0.15) is 0 Å². The standard InChI is InChI=1S/C25H35N3O5/c1-5-8-19(22(30)24-27-18-9-6-7-10-20(18)33-24)26-23(31)17(16-25(2,3)4)15-21(29)28-11-13-32-14-12-28/h6-7,9-10,17,19H,5,8,11-16H2,1-4H3,(H,26,31)/t17-,19-/m0/s1. The van der Waals surface area contributed by atoms with Crippen molar-refractivity contribution in [3.63, 3.8) is 0 Å². The number of fused-ring (bicyclic) bond motifs is 1. The van der Waals surface area contributed by atoms with Crippen LogP contribution in [0.15, 0.2) is 28.7 Å². The monoisotopic (exact) mass is 457 g/mol. The molecular weight excluding hydrogens is 422 g/mol. The first-order valence-electron chi connectivity index (χ1n) is 11.7. The summed E-state index contributed by atoms with van der Waals surface area (Å²) in [6.07, 6.45) is 1.81. The third-order valence-electron chi connectivity index (χ3n) is 5.73. The number of para-hydroxylation sites is 2. The van der Waals surface area contributed by atoms with E-state index in [4.69, 9.17) is 9.15 Å². The molecule has 0 saturated carbocycles. The van der Waals surface area contributed by atoms with Crippen LogP contribution in [0.3, 0.4) is 0 Å². The number of ketones is 1. The van der Waals surface area contributed by atoms with E-state index in [1.54, 1.807) is 17.0 Å². The Bertz CT molecular complexity index is 939. The number of carbonyl (C=O) groups excluding carboxylic acids is 3. The maximum atomic E-state index is 13.3. The highest BCUT2D eigenvalue weighted by molar-refractivity contribution is 6.00. The molecule has 33 heavy (non-hydrogen) atoms. The highest BCUT2D eigenvalue weighted by Crippen LogP contribution is 2.28. The van der Waals surface area contributed by atoms with E-state index in [1.807, 2.05) is 39.8 Å². The summed E-state index contributed by atoms with van der Waals surface area (Å²) < 4.78 is 11.0. The number of morpholine rings is 1. The molecule has 1 aliphatic rings. The molecular formula is C25H35N3O5. The third kappa shape index (κ3) is 6.87. The van der Waals surface area contributed by atoms with E-state index in [2.05, 4.69) is 10.3 Å². The van der Waals surface area contributed by atoms with Gasteiger partial charge in [0.2, 0.25) is 17.6 Å². The van der Waals surface area contributed by atoms with Gasteiger partial charge in [-0.1, -0.05) is 46.2 Å². The van der Waals surface area contributed by atoms with Crippen molar-refractivity contribution in [1.29, 1.82) is 0 Å². The highest BCUT2D eigenvalue weighted by atomic mass is 16.5. The quantitative estimate of drug-likeness (QED) is 0.578. The van der Waals surface area contributed by atoms with Crippen LogP contribution in [0.2, 0.25) is 0 Å². The summed E-state index contributed by atoms with van der Waals surface area (Å²) in [4.78, 5) is 45.4. The number of nitrogens with one attached hydrogen (secondary N) is 1. The molecule has 2 atom stereocenters. The van der Waals surface area contributed by atoms with E-state index in [0.717, 1.165) is 0 Å². The molecule has 1 N–H and O–H groups in total. The van der Waals surface area contributed by atoms with Crippen LogP contribution in [0, 0.1) is 11.3 Å². The molecule has 2 aromatic rings. The van der Waals surface area contributed by atoms with Crippen LogP contribution >= 0.6 is 0 Å². The summed E-state index contributed by atoms with van der Waals surface area (Å²) in [6, 6.07) is 6.42. The van der Waals surface area contributed by atoms with Crippen molar-refractivity contribution in [2.24, 2.45) is 11.3 Å². The van der Waals surface area contributed by atoms with Gasteiger partial charge >= 0.3 is 0 Å². The maximum Gasteiger partial charge on any atom is 0.266 e. The molecule has 1 saturated heterocycles. The first-order valence-corrected chi connectivity index (χ1v) is 11.7. The topological polar surface area (TPSA) is 102 Å². The van der Waals surface area contributed by atoms with Crippen LogP contribution in [-0.2, 0) is 14.3 Å². The summed E-state index contributed by atoms with van der Waals surface area (Å²) in [5.41, 5.74) is 0.978. The molecule has 1 aromatic heterocycles. The van der Waals surface area contributed by atoms with Gasteiger partial charge in [0.15, 0.2) is 5.58 Å². The molecule has 0 spiro atoms. The van der Waals surface area contributed by atoms with E-state index < -0.39 is 12.0 Å². The number of carbonyl (C=O) groups is 3. The highest BCUT2D eigenvalue weighted by Gasteiger charge is 2.33. The van der Waals surface area contributed by atoms with Crippen molar-refractivity contribution in [2.75, 3.05) is 26.3 Å². The third-order valence-corrected chi connectivity index (χ3v) is 5.73. The molecule has 0 aliphatic carbocycles. The van der Waals surface area contributed by atoms with Crippen LogP contribution in [0.1, 0.15) is 64.1 Å². The minimum absolute atomic E-state index is 0.00767. The Hall–Kier alpha value is -2.74. The van der Waals surface area contributed by atoms with Crippen molar-refractivity contribution in [1.82, 2.24) is 15.2 Å². The van der Waals surface area contributed by atoms with Crippen LogP contribution < -0.4 is 5.32 Å². The summed E-state index contributed by atoms with van der Waals surface area (Å²) in [7, 11) is 0. The average molecular weight is 458 g/mol. The Balaban J connectivity index is 1.74. The summed E-state index contributed by atoms with van der Waals surface area (Å²) >= 11 is 0. The van der Waals surface area contributed by atoms with Crippen molar-refractivity contribution in [2.45, 2.75) is 59.4 Å². The molecule has 0 unspecified atom stereocenters. The molecule has 2 amide bonds. The summed E-state index contributed by atoms with van der Waals surface area (Å²) in [5.74, 6) is -1.23. The van der Waals surface area contributed by atoms with Gasteiger partial charge in [0.25, 0.3) is 5.89 Å². The van der Waals surface area contributed by atoms with Gasteiger partial charge in [0.1, 0.15) is 5.52 Å². The first-order chi connectivity index (χ1) is 15.7. The summed E-state index contributed by atoms with van der Waals surface area (Å²) in [5, 5.41) is 2.91. The lowest BCUT2D eigenvalue weighted by Gasteiger charge is -2.31. The number of amides is 2. The molecule has 0 radical (unpaired) electrons. The largest absolute Gasteiger partial charge is 0.434 e. The zero-order chi connectivity index (χ0) is 24.0. The number of oxazole rings is 1. The Morgan fingerprint density at radius 3 is 2.48 bits per heavy atom. The molecule has 1 aromatic carbocycles. The molecule has 1 fully saturated rings. The Kier molecular flexibility index (Phi) is 8.24. The average Bonchev–Trinajstić information content (AvgIpc) is 3.21. The van der Waals surface area contributed by atoms with E-state index in [0.29, 0.717) is 56.7 Å². The van der Waals surface area contributed by atoms with E-state index >= 15 is 0 Å². The number of benzene rings is 1. The van der Waals surface area contributed by atoms with Gasteiger partial charge in [-0.15, -0.1) is 0 Å². The van der Waals surface area contributed by atoms with Crippen molar-refractivity contribution >= 4 is 28.7 Å². The molecule has 0 bridgehead atoms. The fourth-order valence-corrected chi connectivity index (χ4v) is 4.12. The second-order valence-corrected chi connectivity index (χ2v) is 9.86. The second kappa shape index (κ2) is 10.9. The van der Waals surface area contributed by atoms with Crippen molar-refractivity contribution < 1.29 is 23.5 Å². The first kappa shape index (κ1) is 24.9. The van der Waals surface area contributed by atoms with Gasteiger partial charge < -0.3 is 19.4 Å². The Labute approximate surface area is 195 Å². The number of ether oxygens (including phenoxy) is 1. The number of hydrogen-bond donors (Lipinski definition) is 1. The lowest BCUT2D eigenvalue weighted by atomic mass is 9.82. The Morgan fingerprint density at radius 2 is 1.85 bits per heavy atom. The zero-order valence-electron chi connectivity index (χ0n) is 20.1. The SMILES string of the molecule is CCC[C@H](NC(=O)[C@@H](CC(=O)N1CCOCC1)CC(C)(C)C)C(=O)c1nc2ccccc2o1.